The Bertz CT molecular complexity index is 291. The van der Waals surface area contributed by atoms with Crippen LogP contribution >= 0.6 is 15.9 Å². The molecule has 1 atom stereocenters. The second-order valence-electron chi connectivity index (χ2n) is 3.47. The zero-order valence-corrected chi connectivity index (χ0v) is 10.9. The fourth-order valence-electron chi connectivity index (χ4n) is 1.54. The van der Waals surface area contributed by atoms with Crippen LogP contribution in [0.25, 0.3) is 0 Å². The van der Waals surface area contributed by atoms with Gasteiger partial charge in [-0.3, -0.25) is 0 Å². The standard InChI is InChI=1S/C12H18BrNO/c1-3-15-9-11(8-14-2)10-5-4-6-12(13)7-10/h4-7,11,14H,3,8-9H2,1-2H3. The second kappa shape index (κ2) is 6.99. The molecule has 0 aromatic heterocycles. The Kier molecular flexibility index (Phi) is 5.91. The van der Waals surface area contributed by atoms with Gasteiger partial charge in [0, 0.05) is 23.5 Å². The summed E-state index contributed by atoms with van der Waals surface area (Å²) in [5.41, 5.74) is 1.31. The molecule has 0 spiro atoms. The highest BCUT2D eigenvalue weighted by molar-refractivity contribution is 9.10. The van der Waals surface area contributed by atoms with E-state index in [4.69, 9.17) is 4.74 Å². The van der Waals surface area contributed by atoms with Crippen molar-refractivity contribution in [3.8, 4) is 0 Å². The van der Waals surface area contributed by atoms with Gasteiger partial charge >= 0.3 is 0 Å². The van der Waals surface area contributed by atoms with Crippen molar-refractivity contribution in [1.29, 1.82) is 0 Å². The van der Waals surface area contributed by atoms with Crippen molar-refractivity contribution in [1.82, 2.24) is 5.32 Å². The van der Waals surface area contributed by atoms with Crippen molar-refractivity contribution in [2.45, 2.75) is 12.8 Å². The molecule has 0 heterocycles. The lowest BCUT2D eigenvalue weighted by atomic mass is 10.0. The minimum atomic E-state index is 0.424. The molecule has 3 heteroatoms. The molecular formula is C12H18BrNO. The average Bonchev–Trinajstić information content (AvgIpc) is 2.24. The normalized spacial score (nSPS) is 12.7. The van der Waals surface area contributed by atoms with Gasteiger partial charge in [0.2, 0.25) is 0 Å². The third kappa shape index (κ3) is 4.33. The zero-order valence-electron chi connectivity index (χ0n) is 9.29. The monoisotopic (exact) mass is 271 g/mol. The van der Waals surface area contributed by atoms with Crippen molar-refractivity contribution in [3.63, 3.8) is 0 Å². The summed E-state index contributed by atoms with van der Waals surface area (Å²) in [4.78, 5) is 0. The maximum atomic E-state index is 5.49. The molecule has 0 saturated heterocycles. The fraction of sp³-hybridized carbons (Fsp3) is 0.500. The van der Waals surface area contributed by atoms with E-state index < -0.39 is 0 Å². The topological polar surface area (TPSA) is 21.3 Å². The molecule has 0 radical (unpaired) electrons. The van der Waals surface area contributed by atoms with Crippen LogP contribution in [0, 0.1) is 0 Å². The number of benzene rings is 1. The zero-order chi connectivity index (χ0) is 11.1. The number of hydrogen-bond acceptors (Lipinski definition) is 2. The van der Waals surface area contributed by atoms with Crippen LogP contribution in [0.5, 0.6) is 0 Å². The van der Waals surface area contributed by atoms with Gasteiger partial charge in [0.15, 0.2) is 0 Å². The molecule has 0 aliphatic rings. The Balaban J connectivity index is 2.69. The number of hydrogen-bond donors (Lipinski definition) is 1. The first-order chi connectivity index (χ1) is 7.27. The van der Waals surface area contributed by atoms with Gasteiger partial charge in [0.1, 0.15) is 0 Å². The summed E-state index contributed by atoms with van der Waals surface area (Å²) in [6, 6.07) is 8.40. The van der Waals surface area contributed by atoms with Gasteiger partial charge in [-0.15, -0.1) is 0 Å². The van der Waals surface area contributed by atoms with Crippen molar-refractivity contribution in [2.75, 3.05) is 26.8 Å². The molecule has 84 valence electrons. The van der Waals surface area contributed by atoms with Crippen molar-refractivity contribution in [2.24, 2.45) is 0 Å². The van der Waals surface area contributed by atoms with Crippen LogP contribution in [0.4, 0.5) is 0 Å². The molecular weight excluding hydrogens is 254 g/mol. The van der Waals surface area contributed by atoms with Gasteiger partial charge in [-0.1, -0.05) is 28.1 Å². The first-order valence-electron chi connectivity index (χ1n) is 5.25. The van der Waals surface area contributed by atoms with Crippen molar-refractivity contribution < 1.29 is 4.74 Å². The predicted molar refractivity (Wildman–Crippen MR) is 67.3 cm³/mol. The van der Waals surface area contributed by atoms with E-state index in [0.717, 1.165) is 24.2 Å². The maximum absolute atomic E-state index is 5.49. The summed E-state index contributed by atoms with van der Waals surface area (Å²) in [6.07, 6.45) is 0. The molecule has 0 saturated carbocycles. The van der Waals surface area contributed by atoms with E-state index in [9.17, 15) is 0 Å². The third-order valence-electron chi connectivity index (χ3n) is 2.29. The lowest BCUT2D eigenvalue weighted by molar-refractivity contribution is 0.132. The van der Waals surface area contributed by atoms with Crippen molar-refractivity contribution >= 4 is 15.9 Å². The molecule has 2 nitrogen and oxygen atoms in total. The maximum Gasteiger partial charge on any atom is 0.0546 e. The van der Waals surface area contributed by atoms with Gasteiger partial charge in [-0.05, 0) is 31.7 Å². The summed E-state index contributed by atoms with van der Waals surface area (Å²) in [5, 5.41) is 3.20. The number of halogens is 1. The van der Waals surface area contributed by atoms with Gasteiger partial charge in [0.05, 0.1) is 6.61 Å². The fourth-order valence-corrected chi connectivity index (χ4v) is 1.96. The Morgan fingerprint density at radius 3 is 2.87 bits per heavy atom. The van der Waals surface area contributed by atoms with Gasteiger partial charge in [-0.2, -0.15) is 0 Å². The SMILES string of the molecule is CCOCC(CNC)c1cccc(Br)c1. The molecule has 15 heavy (non-hydrogen) atoms. The summed E-state index contributed by atoms with van der Waals surface area (Å²) >= 11 is 3.49. The quantitative estimate of drug-likeness (QED) is 0.859. The first-order valence-corrected chi connectivity index (χ1v) is 6.05. The van der Waals surface area contributed by atoms with E-state index in [1.807, 2.05) is 20.0 Å². The minimum absolute atomic E-state index is 0.424. The molecule has 0 amide bonds. The summed E-state index contributed by atoms with van der Waals surface area (Å²) in [7, 11) is 1.97. The van der Waals surface area contributed by atoms with E-state index in [-0.39, 0.29) is 0 Å². The molecule has 0 fully saturated rings. The molecule has 1 rings (SSSR count). The van der Waals surface area contributed by atoms with Crippen molar-refractivity contribution in [3.05, 3.63) is 34.3 Å². The van der Waals surface area contributed by atoms with E-state index >= 15 is 0 Å². The van der Waals surface area contributed by atoms with Crippen LogP contribution in [0.15, 0.2) is 28.7 Å². The summed E-state index contributed by atoms with van der Waals surface area (Å²) < 4.78 is 6.61. The highest BCUT2D eigenvalue weighted by Gasteiger charge is 2.10. The molecule has 0 aliphatic carbocycles. The van der Waals surface area contributed by atoms with E-state index in [1.54, 1.807) is 0 Å². The molecule has 0 bridgehead atoms. The number of likely N-dealkylation sites (N-methyl/N-ethyl adjacent to an activating group) is 1. The van der Waals surface area contributed by atoms with E-state index in [0.29, 0.717) is 5.92 Å². The number of rotatable bonds is 6. The van der Waals surface area contributed by atoms with Gasteiger partial charge in [0.25, 0.3) is 0 Å². The van der Waals surface area contributed by atoms with Crippen LogP contribution in [-0.4, -0.2) is 26.8 Å². The first kappa shape index (κ1) is 12.7. The lowest BCUT2D eigenvalue weighted by Crippen LogP contribution is -2.21. The second-order valence-corrected chi connectivity index (χ2v) is 4.38. The van der Waals surface area contributed by atoms with Crippen LogP contribution in [0.1, 0.15) is 18.4 Å². The van der Waals surface area contributed by atoms with Crippen LogP contribution in [0.2, 0.25) is 0 Å². The summed E-state index contributed by atoms with van der Waals surface area (Å²) in [6.45, 7) is 4.51. The van der Waals surface area contributed by atoms with Crippen LogP contribution < -0.4 is 5.32 Å². The highest BCUT2D eigenvalue weighted by atomic mass is 79.9. The Labute approximate surface area is 100 Å². The molecule has 1 unspecified atom stereocenters. The minimum Gasteiger partial charge on any atom is -0.381 e. The van der Waals surface area contributed by atoms with E-state index in [1.165, 1.54) is 5.56 Å². The molecule has 1 N–H and O–H groups in total. The molecule has 1 aromatic rings. The largest absolute Gasteiger partial charge is 0.381 e. The number of nitrogens with one attached hydrogen (secondary N) is 1. The van der Waals surface area contributed by atoms with E-state index in [2.05, 4.69) is 39.4 Å². The van der Waals surface area contributed by atoms with Gasteiger partial charge in [-0.25, -0.2) is 0 Å². The van der Waals surface area contributed by atoms with Gasteiger partial charge < -0.3 is 10.1 Å². The predicted octanol–water partition coefficient (Wildman–Crippen LogP) is 2.79. The lowest BCUT2D eigenvalue weighted by Gasteiger charge is -2.17. The Hall–Kier alpha value is -0.380. The van der Waals surface area contributed by atoms with Crippen LogP contribution in [-0.2, 0) is 4.74 Å². The Morgan fingerprint density at radius 2 is 2.27 bits per heavy atom. The van der Waals surface area contributed by atoms with Crippen LogP contribution in [0.3, 0.4) is 0 Å². The average molecular weight is 272 g/mol. The Morgan fingerprint density at radius 1 is 1.47 bits per heavy atom. The third-order valence-corrected chi connectivity index (χ3v) is 2.79. The molecule has 1 aromatic carbocycles. The molecule has 0 aliphatic heterocycles. The summed E-state index contributed by atoms with van der Waals surface area (Å²) in [5.74, 6) is 0.424. The highest BCUT2D eigenvalue weighted by Crippen LogP contribution is 2.19. The smallest absolute Gasteiger partial charge is 0.0546 e. The number of ether oxygens (including phenoxy) is 1.